The number of piperazine rings is 1. The maximum atomic E-state index is 12.5. The van der Waals surface area contributed by atoms with Crippen LogP contribution in [-0.4, -0.2) is 70.6 Å². The minimum absolute atomic E-state index is 0.158. The molecule has 0 radical (unpaired) electrons. The Bertz CT molecular complexity index is 837. The molecule has 2 aromatic heterocycles. The lowest BCUT2D eigenvalue weighted by atomic mass is 10.0. The Balaban J connectivity index is 1.31. The average Bonchev–Trinajstić information content (AvgIpc) is 2.64. The Kier molecular flexibility index (Phi) is 4.46. The van der Waals surface area contributed by atoms with Crippen LogP contribution in [0, 0.1) is 0 Å². The van der Waals surface area contributed by atoms with Crippen molar-refractivity contribution in [3.05, 3.63) is 58.6 Å². The number of carbonyl (C=O) groups is 1. The number of nitrogens with zero attached hydrogens (tertiary/aromatic N) is 5. The third-order valence-electron chi connectivity index (χ3n) is 5.31. The quantitative estimate of drug-likeness (QED) is 0.801. The Hall–Kier alpha value is -2.67. The summed E-state index contributed by atoms with van der Waals surface area (Å²) in [6, 6.07) is 9.72. The molecule has 2 aliphatic heterocycles. The number of hydrogen-bond donors (Lipinski definition) is 0. The number of carbonyl (C=O) groups excluding carboxylic acids is 1. The maximum absolute atomic E-state index is 12.5. The van der Waals surface area contributed by atoms with E-state index >= 15 is 0 Å². The summed E-state index contributed by atoms with van der Waals surface area (Å²) in [4.78, 5) is 35.6. The number of hydrogen-bond acceptors (Lipinski definition) is 5. The number of aryl methyl sites for hydroxylation is 1. The zero-order chi connectivity index (χ0) is 18.1. The highest BCUT2D eigenvalue weighted by molar-refractivity contribution is 5.94. The molecule has 7 heteroatoms. The second-order valence-electron chi connectivity index (χ2n) is 6.91. The van der Waals surface area contributed by atoms with Crippen LogP contribution >= 0.6 is 0 Å². The predicted octanol–water partition coefficient (Wildman–Crippen LogP) is 0.427. The van der Waals surface area contributed by atoms with E-state index in [1.54, 1.807) is 30.3 Å². The van der Waals surface area contributed by atoms with Gasteiger partial charge in [0.15, 0.2) is 0 Å². The molecule has 0 saturated carbocycles. The van der Waals surface area contributed by atoms with Crippen molar-refractivity contribution in [2.24, 2.45) is 7.05 Å². The zero-order valence-electron chi connectivity index (χ0n) is 14.9. The lowest BCUT2D eigenvalue weighted by molar-refractivity contribution is 0.0244. The van der Waals surface area contributed by atoms with Crippen molar-refractivity contribution in [2.45, 2.75) is 6.04 Å². The Morgan fingerprint density at radius 2 is 1.85 bits per heavy atom. The first kappa shape index (κ1) is 16.8. The molecular weight excluding hydrogens is 330 g/mol. The first-order chi connectivity index (χ1) is 12.6. The largest absolute Gasteiger partial charge is 0.354 e. The molecule has 26 heavy (non-hydrogen) atoms. The molecular formula is C19H23N5O2. The van der Waals surface area contributed by atoms with Gasteiger partial charge < -0.3 is 14.4 Å². The summed E-state index contributed by atoms with van der Waals surface area (Å²) < 4.78 is 1.45. The highest BCUT2D eigenvalue weighted by Crippen LogP contribution is 2.20. The molecule has 0 N–H and O–H groups in total. The van der Waals surface area contributed by atoms with Gasteiger partial charge in [-0.15, -0.1) is 0 Å². The van der Waals surface area contributed by atoms with Gasteiger partial charge in [0.25, 0.3) is 11.5 Å². The molecule has 0 aromatic carbocycles. The van der Waals surface area contributed by atoms with Gasteiger partial charge in [-0.05, 0) is 24.3 Å². The summed E-state index contributed by atoms with van der Waals surface area (Å²) in [5.74, 6) is 0.868. The normalized spacial score (nSPS) is 18.7. The molecule has 4 heterocycles. The minimum atomic E-state index is -0.232. The molecule has 4 rings (SSSR count). The van der Waals surface area contributed by atoms with E-state index in [1.165, 1.54) is 4.57 Å². The maximum Gasteiger partial charge on any atom is 0.263 e. The van der Waals surface area contributed by atoms with Crippen molar-refractivity contribution in [3.63, 3.8) is 0 Å². The molecule has 0 unspecified atom stereocenters. The van der Waals surface area contributed by atoms with Gasteiger partial charge in [0.05, 0.1) is 0 Å². The monoisotopic (exact) mass is 353 g/mol. The second-order valence-corrected chi connectivity index (χ2v) is 6.91. The number of rotatable bonds is 3. The standard InChI is InChI=1S/C19H23N5O2/c1-21-8-4-5-16(18(21)25)19(26)24-13-15(14-24)22-9-11-23(12-10-22)17-6-2-3-7-20-17/h2-8,15H,9-14H2,1H3. The highest BCUT2D eigenvalue weighted by atomic mass is 16.2. The van der Waals surface area contributed by atoms with Gasteiger partial charge in [-0.25, -0.2) is 4.98 Å². The van der Waals surface area contributed by atoms with Crippen molar-refractivity contribution < 1.29 is 4.79 Å². The van der Waals surface area contributed by atoms with Gasteiger partial charge in [0, 0.05) is 64.8 Å². The number of pyridine rings is 2. The van der Waals surface area contributed by atoms with Crippen molar-refractivity contribution in [3.8, 4) is 0 Å². The third kappa shape index (κ3) is 3.10. The fourth-order valence-electron chi connectivity index (χ4n) is 3.64. The van der Waals surface area contributed by atoms with Crippen LogP contribution < -0.4 is 10.5 Å². The van der Waals surface area contributed by atoms with Crippen molar-refractivity contribution in [1.29, 1.82) is 0 Å². The van der Waals surface area contributed by atoms with Crippen molar-refractivity contribution >= 4 is 11.7 Å². The van der Waals surface area contributed by atoms with Gasteiger partial charge in [0.2, 0.25) is 0 Å². The fraction of sp³-hybridized carbons (Fsp3) is 0.421. The van der Waals surface area contributed by atoms with Crippen LogP contribution in [0.4, 0.5) is 5.82 Å². The number of amides is 1. The smallest absolute Gasteiger partial charge is 0.263 e. The molecule has 7 nitrogen and oxygen atoms in total. The summed E-state index contributed by atoms with van der Waals surface area (Å²) in [6.07, 6.45) is 3.49. The molecule has 2 fully saturated rings. The van der Waals surface area contributed by atoms with E-state index < -0.39 is 0 Å². The zero-order valence-corrected chi connectivity index (χ0v) is 14.9. The van der Waals surface area contributed by atoms with Crippen molar-refractivity contribution in [1.82, 2.24) is 19.4 Å². The van der Waals surface area contributed by atoms with E-state index in [9.17, 15) is 9.59 Å². The van der Waals surface area contributed by atoms with Crippen LogP contribution in [0.3, 0.4) is 0 Å². The third-order valence-corrected chi connectivity index (χ3v) is 5.31. The van der Waals surface area contributed by atoms with Crippen LogP contribution in [0.5, 0.6) is 0 Å². The Labute approximate surface area is 152 Å². The second kappa shape index (κ2) is 6.92. The lowest BCUT2D eigenvalue weighted by Gasteiger charge is -2.48. The molecule has 136 valence electrons. The Morgan fingerprint density at radius 1 is 1.08 bits per heavy atom. The fourth-order valence-corrected chi connectivity index (χ4v) is 3.64. The van der Waals surface area contributed by atoms with Gasteiger partial charge in [-0.2, -0.15) is 0 Å². The molecule has 0 aliphatic carbocycles. The van der Waals surface area contributed by atoms with Crippen LogP contribution in [0.2, 0.25) is 0 Å². The van der Waals surface area contributed by atoms with E-state index in [0.29, 0.717) is 19.1 Å². The molecule has 2 aromatic rings. The van der Waals surface area contributed by atoms with Crippen LogP contribution in [0.1, 0.15) is 10.4 Å². The Morgan fingerprint density at radius 3 is 2.54 bits per heavy atom. The van der Waals surface area contributed by atoms with Gasteiger partial charge in [0.1, 0.15) is 11.4 Å². The molecule has 0 spiro atoms. The molecule has 1 amide bonds. The first-order valence-electron chi connectivity index (χ1n) is 8.98. The number of likely N-dealkylation sites (tertiary alicyclic amines) is 1. The van der Waals surface area contributed by atoms with E-state index in [4.69, 9.17) is 0 Å². The average molecular weight is 353 g/mol. The summed E-state index contributed by atoms with van der Waals surface area (Å²) in [5, 5.41) is 0. The SMILES string of the molecule is Cn1cccc(C(=O)N2CC(N3CCN(c4ccccn4)CC3)C2)c1=O. The summed E-state index contributed by atoms with van der Waals surface area (Å²) in [7, 11) is 1.67. The highest BCUT2D eigenvalue weighted by Gasteiger charge is 2.37. The summed E-state index contributed by atoms with van der Waals surface area (Å²) in [5.41, 5.74) is 0.0262. The first-order valence-corrected chi connectivity index (χ1v) is 8.98. The number of anilines is 1. The van der Waals surface area contributed by atoms with Gasteiger partial charge in [-0.1, -0.05) is 6.07 Å². The van der Waals surface area contributed by atoms with Crippen LogP contribution in [0.25, 0.3) is 0 Å². The molecule has 0 atom stereocenters. The number of aromatic nitrogens is 2. The topological polar surface area (TPSA) is 61.7 Å². The minimum Gasteiger partial charge on any atom is -0.354 e. The van der Waals surface area contributed by atoms with Crippen LogP contribution in [0.15, 0.2) is 47.5 Å². The lowest BCUT2D eigenvalue weighted by Crippen LogP contribution is -2.64. The molecule has 0 bridgehead atoms. The van der Waals surface area contributed by atoms with E-state index in [0.717, 1.165) is 32.0 Å². The summed E-state index contributed by atoms with van der Waals surface area (Å²) in [6.45, 7) is 5.22. The van der Waals surface area contributed by atoms with Crippen molar-refractivity contribution in [2.75, 3.05) is 44.2 Å². The van der Waals surface area contributed by atoms with Gasteiger partial charge in [-0.3, -0.25) is 14.5 Å². The predicted molar refractivity (Wildman–Crippen MR) is 99.4 cm³/mol. The van der Waals surface area contributed by atoms with E-state index in [2.05, 4.69) is 14.8 Å². The van der Waals surface area contributed by atoms with E-state index in [-0.39, 0.29) is 17.0 Å². The van der Waals surface area contributed by atoms with E-state index in [1.807, 2.05) is 24.4 Å². The summed E-state index contributed by atoms with van der Waals surface area (Å²) >= 11 is 0. The molecule has 2 saturated heterocycles. The van der Waals surface area contributed by atoms with Gasteiger partial charge >= 0.3 is 0 Å². The van der Waals surface area contributed by atoms with Crippen LogP contribution in [-0.2, 0) is 7.05 Å². The molecule has 2 aliphatic rings.